The van der Waals surface area contributed by atoms with Crippen LogP contribution in [0.25, 0.3) is 0 Å². The largest absolute Gasteiger partial charge is 0.445 e. The lowest BCUT2D eigenvalue weighted by molar-refractivity contribution is -0.131. The molecule has 0 radical (unpaired) electrons. The van der Waals surface area contributed by atoms with E-state index in [-0.39, 0.29) is 36.9 Å². The molecule has 1 atom stereocenters. The lowest BCUT2D eigenvalue weighted by Gasteiger charge is -2.23. The predicted molar refractivity (Wildman–Crippen MR) is 119 cm³/mol. The van der Waals surface area contributed by atoms with Crippen molar-refractivity contribution in [2.24, 2.45) is 5.73 Å². The van der Waals surface area contributed by atoms with Crippen molar-refractivity contribution in [3.63, 3.8) is 0 Å². The highest BCUT2D eigenvalue weighted by Gasteiger charge is 2.24. The molecule has 2 aromatic carbocycles. The van der Waals surface area contributed by atoms with Gasteiger partial charge in [-0.1, -0.05) is 30.3 Å². The predicted octanol–water partition coefficient (Wildman–Crippen LogP) is 3.51. The first kappa shape index (κ1) is 23.1. The van der Waals surface area contributed by atoms with Gasteiger partial charge in [-0.3, -0.25) is 4.79 Å². The summed E-state index contributed by atoms with van der Waals surface area (Å²) in [6, 6.07) is 15.5. The molecule has 31 heavy (non-hydrogen) atoms. The van der Waals surface area contributed by atoms with E-state index in [0.29, 0.717) is 38.4 Å². The number of amides is 2. The van der Waals surface area contributed by atoms with E-state index in [2.05, 4.69) is 0 Å². The number of hydrogen-bond donors (Lipinski definition) is 1. The molecule has 0 aromatic heterocycles. The zero-order valence-electron chi connectivity index (χ0n) is 17.4. The van der Waals surface area contributed by atoms with Crippen LogP contribution in [0, 0.1) is 5.82 Å². The fraction of sp³-hybridized carbons (Fsp3) is 0.391. The highest BCUT2D eigenvalue weighted by atomic mass is 32.2. The van der Waals surface area contributed by atoms with E-state index in [4.69, 9.17) is 10.5 Å². The van der Waals surface area contributed by atoms with Crippen molar-refractivity contribution < 1.29 is 18.7 Å². The van der Waals surface area contributed by atoms with Crippen LogP contribution >= 0.6 is 11.8 Å². The Hall–Kier alpha value is -2.58. The van der Waals surface area contributed by atoms with Gasteiger partial charge in [-0.2, -0.15) is 0 Å². The van der Waals surface area contributed by atoms with Crippen LogP contribution in [0.4, 0.5) is 9.18 Å². The minimum absolute atomic E-state index is 0.00768. The Morgan fingerprint density at radius 2 is 1.68 bits per heavy atom. The molecule has 6 nitrogen and oxygen atoms in total. The molecule has 0 unspecified atom stereocenters. The molecule has 1 heterocycles. The van der Waals surface area contributed by atoms with E-state index in [1.165, 1.54) is 23.9 Å². The smallest absolute Gasteiger partial charge is 0.410 e. The van der Waals surface area contributed by atoms with Gasteiger partial charge < -0.3 is 20.3 Å². The van der Waals surface area contributed by atoms with Crippen molar-refractivity contribution in [2.45, 2.75) is 30.4 Å². The van der Waals surface area contributed by atoms with Crippen molar-refractivity contribution in [2.75, 3.05) is 31.9 Å². The molecular formula is C23H28FN3O3S. The Morgan fingerprint density at radius 1 is 1.00 bits per heavy atom. The molecule has 1 aliphatic rings. The first-order valence-electron chi connectivity index (χ1n) is 10.4. The molecule has 1 aliphatic heterocycles. The molecule has 8 heteroatoms. The van der Waals surface area contributed by atoms with Gasteiger partial charge in [0, 0.05) is 49.3 Å². The number of hydrogen-bond acceptors (Lipinski definition) is 5. The molecule has 0 aliphatic carbocycles. The molecule has 0 bridgehead atoms. The summed E-state index contributed by atoms with van der Waals surface area (Å²) < 4.78 is 18.4. The quantitative estimate of drug-likeness (QED) is 0.660. The van der Waals surface area contributed by atoms with E-state index in [0.717, 1.165) is 10.5 Å². The van der Waals surface area contributed by atoms with Gasteiger partial charge in [-0.05, 0) is 36.2 Å². The number of carbonyl (C=O) groups is 2. The number of benzene rings is 2. The molecule has 3 rings (SSSR count). The number of nitrogens with zero attached hydrogens (tertiary/aromatic N) is 2. The minimum Gasteiger partial charge on any atom is -0.445 e. The van der Waals surface area contributed by atoms with Crippen LogP contribution in [-0.4, -0.2) is 59.8 Å². The second-order valence-corrected chi connectivity index (χ2v) is 8.58. The fourth-order valence-corrected chi connectivity index (χ4v) is 4.16. The number of thioether (sulfide) groups is 1. The van der Waals surface area contributed by atoms with Crippen LogP contribution < -0.4 is 5.73 Å². The van der Waals surface area contributed by atoms with Crippen molar-refractivity contribution in [3.05, 3.63) is 66.0 Å². The van der Waals surface area contributed by atoms with E-state index in [9.17, 15) is 14.0 Å². The summed E-state index contributed by atoms with van der Waals surface area (Å²) in [6.45, 7) is 2.30. The maximum absolute atomic E-state index is 13.0. The van der Waals surface area contributed by atoms with Gasteiger partial charge in [0.25, 0.3) is 0 Å². The molecule has 0 spiro atoms. The third-order valence-electron chi connectivity index (χ3n) is 5.03. The number of nitrogens with two attached hydrogens (primary N) is 1. The monoisotopic (exact) mass is 445 g/mol. The average Bonchev–Trinajstić information content (AvgIpc) is 3.04. The van der Waals surface area contributed by atoms with Gasteiger partial charge in [0.05, 0.1) is 0 Å². The van der Waals surface area contributed by atoms with Crippen molar-refractivity contribution in [1.82, 2.24) is 9.80 Å². The van der Waals surface area contributed by atoms with E-state index < -0.39 is 0 Å². The topological polar surface area (TPSA) is 75.9 Å². The van der Waals surface area contributed by atoms with Gasteiger partial charge in [-0.15, -0.1) is 11.8 Å². The summed E-state index contributed by atoms with van der Waals surface area (Å²) in [5, 5.41) is 0. The van der Waals surface area contributed by atoms with Gasteiger partial charge in [0.2, 0.25) is 5.91 Å². The van der Waals surface area contributed by atoms with Crippen LogP contribution in [0.2, 0.25) is 0 Å². The number of halogens is 1. The van der Waals surface area contributed by atoms with Gasteiger partial charge in [-0.25, -0.2) is 9.18 Å². The van der Waals surface area contributed by atoms with E-state index in [1.54, 1.807) is 21.9 Å². The Kier molecular flexibility index (Phi) is 8.73. The number of carbonyl (C=O) groups excluding carboxylic acids is 2. The molecule has 2 N–H and O–H groups in total. The van der Waals surface area contributed by atoms with Gasteiger partial charge in [0.15, 0.2) is 0 Å². The molecule has 1 saturated heterocycles. The van der Waals surface area contributed by atoms with E-state index in [1.807, 2.05) is 30.3 Å². The summed E-state index contributed by atoms with van der Waals surface area (Å²) in [5.41, 5.74) is 7.08. The highest BCUT2D eigenvalue weighted by Crippen LogP contribution is 2.19. The third-order valence-corrected chi connectivity index (χ3v) is 6.23. The molecule has 0 saturated carbocycles. The van der Waals surface area contributed by atoms with Gasteiger partial charge in [0.1, 0.15) is 12.4 Å². The zero-order valence-corrected chi connectivity index (χ0v) is 18.2. The Morgan fingerprint density at radius 3 is 2.42 bits per heavy atom. The van der Waals surface area contributed by atoms with Crippen LogP contribution in [0.1, 0.15) is 18.4 Å². The van der Waals surface area contributed by atoms with Crippen molar-refractivity contribution in [3.8, 4) is 0 Å². The van der Waals surface area contributed by atoms with Crippen molar-refractivity contribution in [1.29, 1.82) is 0 Å². The standard InChI is InChI=1S/C23H28FN3O3S/c24-19-7-9-21(10-8-19)31-17-20(25)15-22(28)26-11-4-12-27(14-13-26)23(29)30-16-18-5-2-1-3-6-18/h1-3,5-10,20H,4,11-17,25H2/t20-/m0/s1. The summed E-state index contributed by atoms with van der Waals surface area (Å²) in [7, 11) is 0. The molecular weight excluding hydrogens is 417 g/mol. The third kappa shape index (κ3) is 7.56. The molecule has 166 valence electrons. The fourth-order valence-electron chi connectivity index (χ4n) is 3.31. The molecule has 1 fully saturated rings. The SMILES string of the molecule is N[C@H](CSc1ccc(F)cc1)CC(=O)N1CCCN(C(=O)OCc2ccccc2)CC1. The van der Waals surface area contributed by atoms with Crippen LogP contribution in [0.3, 0.4) is 0 Å². The van der Waals surface area contributed by atoms with Gasteiger partial charge >= 0.3 is 6.09 Å². The van der Waals surface area contributed by atoms with Crippen LogP contribution in [0.5, 0.6) is 0 Å². The summed E-state index contributed by atoms with van der Waals surface area (Å²) in [4.78, 5) is 29.4. The first-order valence-corrected chi connectivity index (χ1v) is 11.4. The first-order chi connectivity index (χ1) is 15.0. The normalized spacial score (nSPS) is 15.3. The lowest BCUT2D eigenvalue weighted by atomic mass is 10.2. The Balaban J connectivity index is 1.40. The van der Waals surface area contributed by atoms with Crippen LogP contribution in [0.15, 0.2) is 59.5 Å². The lowest BCUT2D eigenvalue weighted by Crippen LogP contribution is -2.40. The maximum atomic E-state index is 13.0. The minimum atomic E-state index is -0.356. The second-order valence-electron chi connectivity index (χ2n) is 7.49. The van der Waals surface area contributed by atoms with Crippen molar-refractivity contribution >= 4 is 23.8 Å². The Bertz CT molecular complexity index is 851. The average molecular weight is 446 g/mol. The summed E-state index contributed by atoms with van der Waals surface area (Å²) in [5.74, 6) is 0.290. The molecule has 2 aromatic rings. The van der Waals surface area contributed by atoms with Crippen LogP contribution in [-0.2, 0) is 16.1 Å². The maximum Gasteiger partial charge on any atom is 0.410 e. The van der Waals surface area contributed by atoms with E-state index >= 15 is 0 Å². The summed E-state index contributed by atoms with van der Waals surface area (Å²) in [6.07, 6.45) is 0.587. The zero-order chi connectivity index (χ0) is 22.1. The summed E-state index contributed by atoms with van der Waals surface area (Å²) >= 11 is 1.51. The number of rotatable bonds is 7. The number of ether oxygens (including phenoxy) is 1. The Labute approximate surface area is 186 Å². The second kappa shape index (κ2) is 11.7. The highest BCUT2D eigenvalue weighted by molar-refractivity contribution is 7.99. The molecule has 2 amide bonds.